The van der Waals surface area contributed by atoms with Gasteiger partial charge in [-0.3, -0.25) is 10.1 Å². The summed E-state index contributed by atoms with van der Waals surface area (Å²) < 4.78 is 6.00. The molecule has 6 rings (SSSR count). The van der Waals surface area contributed by atoms with Crippen LogP contribution in [0.25, 0.3) is 33.5 Å². The largest absolute Gasteiger partial charge is 0.489 e. The van der Waals surface area contributed by atoms with E-state index in [0.29, 0.717) is 6.61 Å². The molecular weight excluding hydrogens is 400 g/mol. The van der Waals surface area contributed by atoms with Crippen molar-refractivity contribution in [2.75, 3.05) is 18.0 Å². The van der Waals surface area contributed by atoms with Crippen molar-refractivity contribution in [1.29, 1.82) is 0 Å². The molecule has 0 aliphatic carbocycles. The Morgan fingerprint density at radius 3 is 2.66 bits per heavy atom. The van der Waals surface area contributed by atoms with Crippen molar-refractivity contribution in [3.05, 3.63) is 66.5 Å². The summed E-state index contributed by atoms with van der Waals surface area (Å²) in [4.78, 5) is 14.8. The quantitative estimate of drug-likeness (QED) is 0.412. The minimum absolute atomic E-state index is 0.491. The molecule has 1 aliphatic rings. The van der Waals surface area contributed by atoms with Gasteiger partial charge in [0.1, 0.15) is 18.1 Å². The van der Waals surface area contributed by atoms with Crippen LogP contribution in [-0.4, -0.2) is 38.2 Å². The van der Waals surface area contributed by atoms with Gasteiger partial charge in [0.05, 0.1) is 16.6 Å². The summed E-state index contributed by atoms with van der Waals surface area (Å²) in [6.07, 6.45) is 7.39. The summed E-state index contributed by atoms with van der Waals surface area (Å²) >= 11 is 0. The molecule has 0 amide bonds. The van der Waals surface area contributed by atoms with Crippen LogP contribution in [0.3, 0.4) is 0 Å². The number of aromatic amines is 2. The molecule has 0 radical (unpaired) electrons. The van der Waals surface area contributed by atoms with Crippen LogP contribution < -0.4 is 9.64 Å². The lowest BCUT2D eigenvalue weighted by Crippen LogP contribution is -2.29. The van der Waals surface area contributed by atoms with Crippen molar-refractivity contribution in [3.8, 4) is 17.3 Å². The summed E-state index contributed by atoms with van der Waals surface area (Å²) in [6, 6.07) is 16.3. The number of hydrogen-bond donors (Lipinski definition) is 2. The molecule has 0 unspecified atom stereocenters. The minimum atomic E-state index is 0.491. The van der Waals surface area contributed by atoms with Gasteiger partial charge in [0.2, 0.25) is 0 Å². The Bertz CT molecular complexity index is 1370. The number of nitrogens with one attached hydrogen (secondary N) is 2. The van der Waals surface area contributed by atoms with Gasteiger partial charge in [-0.1, -0.05) is 0 Å². The third kappa shape index (κ3) is 3.56. The van der Waals surface area contributed by atoms with Crippen LogP contribution in [0.4, 0.5) is 5.69 Å². The number of imidazole rings is 1. The predicted molar refractivity (Wildman–Crippen MR) is 126 cm³/mol. The molecule has 160 valence electrons. The maximum Gasteiger partial charge on any atom is 0.159 e. The van der Waals surface area contributed by atoms with E-state index in [1.807, 2.05) is 30.3 Å². The first-order valence-corrected chi connectivity index (χ1v) is 11.1. The van der Waals surface area contributed by atoms with Crippen LogP contribution >= 0.6 is 0 Å². The number of fused-ring (bicyclic) bond motifs is 2. The zero-order valence-corrected chi connectivity index (χ0v) is 17.7. The molecule has 7 heteroatoms. The Morgan fingerprint density at radius 2 is 1.78 bits per heavy atom. The number of anilines is 1. The lowest BCUT2D eigenvalue weighted by molar-refractivity contribution is 0.306. The van der Waals surface area contributed by atoms with E-state index in [9.17, 15) is 0 Å². The topological polar surface area (TPSA) is 82.7 Å². The van der Waals surface area contributed by atoms with Crippen molar-refractivity contribution in [2.45, 2.75) is 25.9 Å². The van der Waals surface area contributed by atoms with E-state index in [-0.39, 0.29) is 0 Å². The zero-order valence-electron chi connectivity index (χ0n) is 17.7. The predicted octanol–water partition coefficient (Wildman–Crippen LogP) is 5.07. The Kier molecular flexibility index (Phi) is 4.71. The molecule has 4 heterocycles. The Labute approximate surface area is 185 Å². The number of H-pyrrole nitrogens is 2. The molecule has 2 aromatic carbocycles. The van der Waals surface area contributed by atoms with Gasteiger partial charge in [-0.05, 0) is 73.4 Å². The van der Waals surface area contributed by atoms with Crippen LogP contribution in [0, 0.1) is 0 Å². The molecule has 0 atom stereocenters. The highest BCUT2D eigenvalue weighted by Crippen LogP contribution is 2.31. The molecular formula is C25H24N6O. The molecule has 7 nitrogen and oxygen atoms in total. The summed E-state index contributed by atoms with van der Waals surface area (Å²) in [5.41, 5.74) is 6.06. The van der Waals surface area contributed by atoms with Crippen LogP contribution in [-0.2, 0) is 6.61 Å². The highest BCUT2D eigenvalue weighted by molar-refractivity contribution is 5.94. The number of hydrogen-bond acceptors (Lipinski definition) is 5. The van der Waals surface area contributed by atoms with Gasteiger partial charge in [0.25, 0.3) is 0 Å². The van der Waals surface area contributed by atoms with Gasteiger partial charge >= 0.3 is 0 Å². The highest BCUT2D eigenvalue weighted by atomic mass is 16.5. The number of rotatable bonds is 5. The average molecular weight is 425 g/mol. The lowest BCUT2D eigenvalue weighted by Gasteiger charge is -2.28. The smallest absolute Gasteiger partial charge is 0.159 e. The van der Waals surface area contributed by atoms with Gasteiger partial charge < -0.3 is 14.6 Å². The summed E-state index contributed by atoms with van der Waals surface area (Å²) in [5.74, 6) is 1.55. The summed E-state index contributed by atoms with van der Waals surface area (Å²) in [6.45, 7) is 2.74. The fourth-order valence-electron chi connectivity index (χ4n) is 4.37. The fraction of sp³-hybridized carbons (Fsp3) is 0.240. The SMILES string of the molecule is c1cc(COc2ccc3[nH]nc(-c4nc5ccc(N6CCCCC6)cc5[nH]4)c3c2)ccn1. The number of aromatic nitrogens is 5. The molecule has 0 saturated carbocycles. The van der Waals surface area contributed by atoms with Crippen molar-refractivity contribution in [1.82, 2.24) is 25.1 Å². The van der Waals surface area contributed by atoms with Crippen LogP contribution in [0.5, 0.6) is 5.75 Å². The molecule has 1 saturated heterocycles. The van der Waals surface area contributed by atoms with Crippen LogP contribution in [0.15, 0.2) is 60.9 Å². The first-order valence-electron chi connectivity index (χ1n) is 11.1. The van der Waals surface area contributed by atoms with Crippen molar-refractivity contribution in [3.63, 3.8) is 0 Å². The van der Waals surface area contributed by atoms with E-state index in [1.165, 1.54) is 24.9 Å². The Balaban J connectivity index is 1.30. The standard InChI is InChI=1S/C25H24N6O/c1-2-12-31(13-3-1)18-4-6-22-23(14-18)28-25(27-22)24-20-15-19(5-7-21(20)29-30-24)32-16-17-8-10-26-11-9-17/h4-11,14-15H,1-3,12-13,16H2,(H,27,28)(H,29,30). The van der Waals surface area contributed by atoms with Crippen LogP contribution in [0.2, 0.25) is 0 Å². The summed E-state index contributed by atoms with van der Waals surface area (Å²) in [7, 11) is 0. The second-order valence-electron chi connectivity index (χ2n) is 8.26. The summed E-state index contributed by atoms with van der Waals surface area (Å²) in [5, 5.41) is 8.63. The van der Waals surface area contributed by atoms with Gasteiger partial charge in [-0.15, -0.1) is 0 Å². The Hall–Kier alpha value is -3.87. The number of ether oxygens (including phenoxy) is 1. The Morgan fingerprint density at radius 1 is 0.906 bits per heavy atom. The lowest BCUT2D eigenvalue weighted by atomic mass is 10.1. The van der Waals surface area contributed by atoms with E-state index in [1.54, 1.807) is 12.4 Å². The molecule has 3 aromatic heterocycles. The molecule has 0 bridgehead atoms. The minimum Gasteiger partial charge on any atom is -0.489 e. The molecule has 5 aromatic rings. The molecule has 32 heavy (non-hydrogen) atoms. The third-order valence-corrected chi connectivity index (χ3v) is 6.10. The monoisotopic (exact) mass is 424 g/mol. The average Bonchev–Trinajstić information content (AvgIpc) is 3.47. The maximum atomic E-state index is 6.00. The van der Waals surface area contributed by atoms with Crippen molar-refractivity contribution < 1.29 is 4.74 Å². The number of piperidine rings is 1. The maximum absolute atomic E-state index is 6.00. The van der Waals surface area contributed by atoms with E-state index in [4.69, 9.17) is 9.72 Å². The molecule has 0 spiro atoms. The van der Waals surface area contributed by atoms with E-state index >= 15 is 0 Å². The van der Waals surface area contributed by atoms with E-state index in [2.05, 4.69) is 43.3 Å². The van der Waals surface area contributed by atoms with Gasteiger partial charge in [-0.2, -0.15) is 5.10 Å². The zero-order chi connectivity index (χ0) is 21.3. The van der Waals surface area contributed by atoms with Gasteiger partial charge in [-0.25, -0.2) is 4.98 Å². The van der Waals surface area contributed by atoms with Crippen molar-refractivity contribution in [2.24, 2.45) is 0 Å². The van der Waals surface area contributed by atoms with Crippen molar-refractivity contribution >= 4 is 27.6 Å². The van der Waals surface area contributed by atoms with Crippen LogP contribution in [0.1, 0.15) is 24.8 Å². The van der Waals surface area contributed by atoms with E-state index in [0.717, 1.165) is 57.9 Å². The number of benzene rings is 2. The molecule has 1 aliphatic heterocycles. The number of pyridine rings is 1. The van der Waals surface area contributed by atoms with E-state index < -0.39 is 0 Å². The normalized spacial score (nSPS) is 14.3. The molecule has 2 N–H and O–H groups in total. The van der Waals surface area contributed by atoms with Gasteiger partial charge in [0.15, 0.2) is 5.82 Å². The molecule has 1 fully saturated rings. The first kappa shape index (κ1) is 18.9. The van der Waals surface area contributed by atoms with Gasteiger partial charge in [0, 0.05) is 36.6 Å². The first-order chi connectivity index (χ1) is 15.8. The third-order valence-electron chi connectivity index (χ3n) is 6.10. The fourth-order valence-corrected chi connectivity index (χ4v) is 4.37. The second kappa shape index (κ2) is 8.00. The number of nitrogens with zero attached hydrogens (tertiary/aromatic N) is 4. The second-order valence-corrected chi connectivity index (χ2v) is 8.26. The highest BCUT2D eigenvalue weighted by Gasteiger charge is 2.16.